The number of amides is 3. The molecule has 92 valence electrons. The van der Waals surface area contributed by atoms with E-state index in [-0.39, 0.29) is 0 Å². The number of carbonyl (C=O) groups is 2. The summed E-state index contributed by atoms with van der Waals surface area (Å²) in [5.41, 5.74) is -2.73. The molecular weight excluding hydrogens is 224 g/mol. The number of aliphatic hydroxyl groups excluding tert-OH is 4. The molecule has 0 radical (unpaired) electrons. The summed E-state index contributed by atoms with van der Waals surface area (Å²) in [4.78, 5) is 21.8. The summed E-state index contributed by atoms with van der Waals surface area (Å²) in [7, 11) is 0. The Labute approximate surface area is 89.3 Å². The SMILES string of the molecule is O=C1NC(=O)C(O)(C(O)C(O)C(O)CO)N1. The maximum Gasteiger partial charge on any atom is 0.324 e. The molecule has 4 atom stereocenters. The van der Waals surface area contributed by atoms with Crippen molar-refractivity contribution in [2.45, 2.75) is 24.0 Å². The van der Waals surface area contributed by atoms with Gasteiger partial charge in [0.15, 0.2) is 0 Å². The van der Waals surface area contributed by atoms with Gasteiger partial charge in [-0.3, -0.25) is 15.4 Å². The van der Waals surface area contributed by atoms with Gasteiger partial charge in [0.05, 0.1) is 6.61 Å². The molecule has 1 saturated heterocycles. The number of urea groups is 1. The molecule has 1 aliphatic heterocycles. The molecule has 9 nitrogen and oxygen atoms in total. The number of hydrogen-bond donors (Lipinski definition) is 7. The Morgan fingerprint density at radius 3 is 2.19 bits per heavy atom. The Kier molecular flexibility index (Phi) is 3.45. The zero-order valence-corrected chi connectivity index (χ0v) is 7.99. The van der Waals surface area contributed by atoms with Gasteiger partial charge < -0.3 is 25.5 Å². The highest BCUT2D eigenvalue weighted by molar-refractivity contribution is 6.06. The Morgan fingerprint density at radius 2 is 1.81 bits per heavy atom. The zero-order valence-electron chi connectivity index (χ0n) is 7.99. The molecule has 1 aliphatic rings. The Balaban J connectivity index is 2.83. The van der Waals surface area contributed by atoms with Gasteiger partial charge in [-0.25, -0.2) is 4.79 Å². The third kappa shape index (κ3) is 1.99. The third-order valence-electron chi connectivity index (χ3n) is 2.21. The smallest absolute Gasteiger partial charge is 0.324 e. The van der Waals surface area contributed by atoms with Crippen molar-refractivity contribution >= 4 is 11.9 Å². The van der Waals surface area contributed by atoms with Gasteiger partial charge in [0.25, 0.3) is 5.91 Å². The van der Waals surface area contributed by atoms with Gasteiger partial charge in [0.1, 0.15) is 18.3 Å². The molecule has 0 spiro atoms. The van der Waals surface area contributed by atoms with Crippen molar-refractivity contribution in [2.24, 2.45) is 0 Å². The lowest BCUT2D eigenvalue weighted by Gasteiger charge is -2.30. The molecule has 0 aliphatic carbocycles. The van der Waals surface area contributed by atoms with Crippen LogP contribution in [0.2, 0.25) is 0 Å². The van der Waals surface area contributed by atoms with E-state index in [9.17, 15) is 24.9 Å². The summed E-state index contributed by atoms with van der Waals surface area (Å²) in [5, 5.41) is 49.1. The van der Waals surface area contributed by atoms with Crippen LogP contribution in [0.15, 0.2) is 0 Å². The monoisotopic (exact) mass is 236 g/mol. The van der Waals surface area contributed by atoms with E-state index < -0.39 is 42.6 Å². The number of rotatable bonds is 4. The number of imide groups is 1. The van der Waals surface area contributed by atoms with Crippen molar-refractivity contribution in [3.63, 3.8) is 0 Å². The molecule has 7 N–H and O–H groups in total. The molecule has 0 aromatic heterocycles. The molecule has 0 aromatic carbocycles. The number of nitrogens with one attached hydrogen (secondary N) is 2. The lowest BCUT2D eigenvalue weighted by Crippen LogP contribution is -2.62. The fraction of sp³-hybridized carbons (Fsp3) is 0.714. The van der Waals surface area contributed by atoms with Crippen molar-refractivity contribution < 1.29 is 35.1 Å². The second kappa shape index (κ2) is 4.31. The van der Waals surface area contributed by atoms with E-state index in [0.717, 1.165) is 0 Å². The zero-order chi connectivity index (χ0) is 12.5. The predicted molar refractivity (Wildman–Crippen MR) is 46.7 cm³/mol. The average Bonchev–Trinajstić information content (AvgIpc) is 2.50. The van der Waals surface area contributed by atoms with Crippen LogP contribution in [0.4, 0.5) is 4.79 Å². The van der Waals surface area contributed by atoms with Crippen LogP contribution in [0.1, 0.15) is 0 Å². The summed E-state index contributed by atoms with van der Waals surface area (Å²) in [6.07, 6.45) is -5.94. The largest absolute Gasteiger partial charge is 0.394 e. The molecule has 3 amide bonds. The standard InChI is InChI=1S/C7H12N2O7/c10-1-2(11)3(12)4(13)7(16)5(14)8-6(15)9-7/h2-4,10-13,16H,1H2,(H2,8,9,14,15). The average molecular weight is 236 g/mol. The van der Waals surface area contributed by atoms with E-state index in [1.54, 1.807) is 10.6 Å². The van der Waals surface area contributed by atoms with E-state index in [0.29, 0.717) is 0 Å². The normalized spacial score (nSPS) is 30.6. The van der Waals surface area contributed by atoms with Gasteiger partial charge in [0, 0.05) is 0 Å². The van der Waals surface area contributed by atoms with Gasteiger partial charge in [0.2, 0.25) is 5.72 Å². The first-order valence-electron chi connectivity index (χ1n) is 4.34. The quantitative estimate of drug-likeness (QED) is 0.242. The predicted octanol–water partition coefficient (Wildman–Crippen LogP) is -4.41. The third-order valence-corrected chi connectivity index (χ3v) is 2.21. The minimum atomic E-state index is -2.73. The Morgan fingerprint density at radius 1 is 1.25 bits per heavy atom. The molecule has 1 fully saturated rings. The van der Waals surface area contributed by atoms with Gasteiger partial charge in [-0.1, -0.05) is 0 Å². The van der Waals surface area contributed by atoms with Crippen LogP contribution >= 0.6 is 0 Å². The summed E-state index contributed by atoms with van der Waals surface area (Å²) < 4.78 is 0. The molecule has 4 unspecified atom stereocenters. The molecule has 0 saturated carbocycles. The topological polar surface area (TPSA) is 159 Å². The maximum absolute atomic E-state index is 11.1. The first-order chi connectivity index (χ1) is 7.32. The number of aliphatic hydroxyl groups is 5. The van der Waals surface area contributed by atoms with E-state index in [4.69, 9.17) is 10.2 Å². The summed E-state index contributed by atoms with van der Waals surface area (Å²) >= 11 is 0. The van der Waals surface area contributed by atoms with Gasteiger partial charge in [-0.2, -0.15) is 0 Å². The van der Waals surface area contributed by atoms with Crippen molar-refractivity contribution in [1.82, 2.24) is 10.6 Å². The molecular formula is C7H12N2O7. The first kappa shape index (κ1) is 12.8. The minimum Gasteiger partial charge on any atom is -0.394 e. The van der Waals surface area contributed by atoms with Gasteiger partial charge >= 0.3 is 6.03 Å². The highest BCUT2D eigenvalue weighted by atomic mass is 16.4. The summed E-state index contributed by atoms with van der Waals surface area (Å²) in [6, 6.07) is -1.04. The van der Waals surface area contributed by atoms with Gasteiger partial charge in [-0.05, 0) is 0 Å². The van der Waals surface area contributed by atoms with Crippen LogP contribution in [0.25, 0.3) is 0 Å². The van der Waals surface area contributed by atoms with Crippen molar-refractivity contribution in [2.75, 3.05) is 6.61 Å². The fourth-order valence-corrected chi connectivity index (χ4v) is 1.23. The van der Waals surface area contributed by atoms with Crippen molar-refractivity contribution in [3.8, 4) is 0 Å². The molecule has 0 aromatic rings. The van der Waals surface area contributed by atoms with Gasteiger partial charge in [-0.15, -0.1) is 0 Å². The van der Waals surface area contributed by atoms with E-state index >= 15 is 0 Å². The van der Waals surface area contributed by atoms with Crippen LogP contribution in [-0.2, 0) is 4.79 Å². The second-order valence-corrected chi connectivity index (χ2v) is 3.36. The Hall–Kier alpha value is -1.26. The van der Waals surface area contributed by atoms with Crippen molar-refractivity contribution in [3.05, 3.63) is 0 Å². The molecule has 0 bridgehead atoms. The van der Waals surface area contributed by atoms with Crippen LogP contribution in [-0.4, -0.2) is 68.1 Å². The first-order valence-corrected chi connectivity index (χ1v) is 4.34. The van der Waals surface area contributed by atoms with Crippen molar-refractivity contribution in [1.29, 1.82) is 0 Å². The summed E-state index contributed by atoms with van der Waals surface area (Å²) in [6.45, 7) is -0.885. The number of hydrogen-bond acceptors (Lipinski definition) is 7. The maximum atomic E-state index is 11.1. The van der Waals surface area contributed by atoms with Crippen LogP contribution in [0.3, 0.4) is 0 Å². The molecule has 16 heavy (non-hydrogen) atoms. The number of carbonyl (C=O) groups excluding carboxylic acids is 2. The van der Waals surface area contributed by atoms with Crippen LogP contribution in [0.5, 0.6) is 0 Å². The Bertz CT molecular complexity index is 309. The highest BCUT2D eigenvalue weighted by Gasteiger charge is 2.54. The minimum absolute atomic E-state index is 0.885. The fourth-order valence-electron chi connectivity index (χ4n) is 1.23. The molecule has 9 heteroatoms. The van der Waals surface area contributed by atoms with E-state index in [1.165, 1.54) is 0 Å². The lowest BCUT2D eigenvalue weighted by atomic mass is 9.98. The molecule has 1 heterocycles. The highest BCUT2D eigenvalue weighted by Crippen LogP contribution is 2.17. The molecule has 1 rings (SSSR count). The van der Waals surface area contributed by atoms with E-state index in [1.807, 2.05) is 0 Å². The second-order valence-electron chi connectivity index (χ2n) is 3.36. The van der Waals surface area contributed by atoms with Crippen LogP contribution < -0.4 is 10.6 Å². The summed E-state index contributed by atoms with van der Waals surface area (Å²) in [5.74, 6) is -1.26. The van der Waals surface area contributed by atoms with E-state index in [2.05, 4.69) is 0 Å². The van der Waals surface area contributed by atoms with Crippen LogP contribution in [0, 0.1) is 0 Å². The lowest BCUT2D eigenvalue weighted by molar-refractivity contribution is -0.175.